The van der Waals surface area contributed by atoms with Crippen LogP contribution < -0.4 is 0 Å². The van der Waals surface area contributed by atoms with Crippen LogP contribution in [0.5, 0.6) is 0 Å². The predicted molar refractivity (Wildman–Crippen MR) is 53.4 cm³/mol. The number of methoxy groups -OCH3 is 1. The van der Waals surface area contributed by atoms with Gasteiger partial charge in [0, 0.05) is 18.2 Å². The zero-order chi connectivity index (χ0) is 9.97. The normalized spacial score (nSPS) is 12.5. The molecule has 1 aliphatic carbocycles. The van der Waals surface area contributed by atoms with E-state index in [1.807, 2.05) is 24.3 Å². The van der Waals surface area contributed by atoms with Gasteiger partial charge in [0.1, 0.15) is 5.57 Å². The van der Waals surface area contributed by atoms with Gasteiger partial charge in [0.2, 0.25) is 0 Å². The molecule has 2 nitrogen and oxygen atoms in total. The molecule has 0 aromatic heterocycles. The molecule has 0 bridgehead atoms. The van der Waals surface area contributed by atoms with Crippen molar-refractivity contribution in [1.29, 1.82) is 0 Å². The standard InChI is InChI=1S/C12H9O2/c1-14-12(13)11-7-6-9-4-2-3-5-10(9)8-11/h2-5,7-8H,1H3/q+1. The zero-order valence-corrected chi connectivity index (χ0v) is 7.78. The van der Waals surface area contributed by atoms with E-state index < -0.39 is 0 Å². The molecule has 1 aromatic rings. The van der Waals surface area contributed by atoms with Crippen LogP contribution in [0.3, 0.4) is 0 Å². The number of hydrogen-bond donors (Lipinski definition) is 0. The molecule has 0 radical (unpaired) electrons. The maximum absolute atomic E-state index is 11.2. The van der Waals surface area contributed by atoms with Crippen LogP contribution in [0.25, 0.3) is 6.08 Å². The Balaban J connectivity index is 2.42. The fourth-order valence-corrected chi connectivity index (χ4v) is 1.35. The third-order valence-electron chi connectivity index (χ3n) is 2.08. The van der Waals surface area contributed by atoms with Crippen molar-refractivity contribution in [3.8, 4) is 0 Å². The Morgan fingerprint density at radius 1 is 1.36 bits per heavy atom. The minimum absolute atomic E-state index is 0.327. The second kappa shape index (κ2) is 3.44. The summed E-state index contributed by atoms with van der Waals surface area (Å²) < 4.78 is 4.63. The van der Waals surface area contributed by atoms with Crippen molar-refractivity contribution in [2.24, 2.45) is 0 Å². The van der Waals surface area contributed by atoms with Crippen LogP contribution in [-0.2, 0) is 9.53 Å². The number of rotatable bonds is 1. The first kappa shape index (κ1) is 8.67. The van der Waals surface area contributed by atoms with Crippen molar-refractivity contribution in [3.05, 3.63) is 53.1 Å². The van der Waals surface area contributed by atoms with E-state index in [0.29, 0.717) is 5.57 Å². The summed E-state index contributed by atoms with van der Waals surface area (Å²) in [4.78, 5) is 11.2. The molecule has 0 saturated heterocycles. The summed E-state index contributed by atoms with van der Waals surface area (Å²) in [5.74, 6) is -0.327. The molecule has 0 N–H and O–H groups in total. The van der Waals surface area contributed by atoms with Crippen LogP contribution in [0, 0.1) is 6.08 Å². The Morgan fingerprint density at radius 3 is 2.93 bits per heavy atom. The lowest BCUT2D eigenvalue weighted by Gasteiger charge is -1.99. The molecule has 2 heteroatoms. The quantitative estimate of drug-likeness (QED) is 0.494. The molecule has 68 valence electrons. The largest absolute Gasteiger partial charge is 0.458 e. The monoisotopic (exact) mass is 185 g/mol. The van der Waals surface area contributed by atoms with E-state index in [-0.39, 0.29) is 5.97 Å². The molecule has 0 amide bonds. The second-order valence-corrected chi connectivity index (χ2v) is 2.97. The van der Waals surface area contributed by atoms with Gasteiger partial charge in [-0.25, -0.2) is 4.79 Å². The van der Waals surface area contributed by atoms with Crippen LogP contribution in [-0.4, -0.2) is 13.1 Å². The minimum Gasteiger partial charge on any atom is -0.458 e. The summed E-state index contributed by atoms with van der Waals surface area (Å²) in [6.07, 6.45) is 6.48. The zero-order valence-electron chi connectivity index (χ0n) is 7.78. The maximum atomic E-state index is 11.2. The van der Waals surface area contributed by atoms with E-state index in [0.717, 1.165) is 11.1 Å². The average molecular weight is 185 g/mol. The summed E-state index contributed by atoms with van der Waals surface area (Å²) in [6.45, 7) is 0. The highest BCUT2D eigenvalue weighted by atomic mass is 16.5. The van der Waals surface area contributed by atoms with E-state index in [4.69, 9.17) is 0 Å². The molecule has 0 heterocycles. The van der Waals surface area contributed by atoms with E-state index in [1.165, 1.54) is 7.11 Å². The highest BCUT2D eigenvalue weighted by molar-refractivity contribution is 5.97. The van der Waals surface area contributed by atoms with E-state index in [1.54, 1.807) is 12.2 Å². The Kier molecular flexibility index (Phi) is 2.13. The molecule has 0 saturated carbocycles. The summed E-state index contributed by atoms with van der Waals surface area (Å²) >= 11 is 0. The molecule has 1 aromatic carbocycles. The van der Waals surface area contributed by atoms with Crippen LogP contribution >= 0.6 is 0 Å². The number of carbonyl (C=O) groups excluding carboxylic acids is 1. The summed E-state index contributed by atoms with van der Waals surface area (Å²) in [7, 11) is 1.37. The Morgan fingerprint density at radius 2 is 2.14 bits per heavy atom. The lowest BCUT2D eigenvalue weighted by Crippen LogP contribution is -2.04. The van der Waals surface area contributed by atoms with Crippen molar-refractivity contribution in [3.63, 3.8) is 0 Å². The SMILES string of the molecule is COC(=O)C1=Cc2ccccc2[C+]=C1. The van der Waals surface area contributed by atoms with Gasteiger partial charge in [-0.2, -0.15) is 0 Å². The number of esters is 1. The molecule has 0 atom stereocenters. The first-order chi connectivity index (χ1) is 6.81. The van der Waals surface area contributed by atoms with Gasteiger partial charge < -0.3 is 4.74 Å². The molecule has 0 unspecified atom stereocenters. The Bertz CT molecular complexity index is 428. The molecule has 1 aliphatic rings. The van der Waals surface area contributed by atoms with E-state index in [2.05, 4.69) is 10.8 Å². The van der Waals surface area contributed by atoms with Crippen molar-refractivity contribution >= 4 is 12.0 Å². The number of carbonyl (C=O) groups is 1. The molecule has 14 heavy (non-hydrogen) atoms. The van der Waals surface area contributed by atoms with E-state index in [9.17, 15) is 4.79 Å². The molecule has 0 spiro atoms. The Hall–Kier alpha value is -1.92. The smallest absolute Gasteiger partial charge is 0.381 e. The van der Waals surface area contributed by atoms with Gasteiger partial charge in [0.15, 0.2) is 5.56 Å². The number of benzene rings is 1. The molecule has 0 aliphatic heterocycles. The summed E-state index contributed by atoms with van der Waals surface area (Å²) in [5, 5.41) is 0. The van der Waals surface area contributed by atoms with Crippen molar-refractivity contribution in [2.75, 3.05) is 7.11 Å². The van der Waals surface area contributed by atoms with Gasteiger partial charge in [-0.05, 0) is 18.2 Å². The number of fused-ring (bicyclic) bond motifs is 1. The van der Waals surface area contributed by atoms with Crippen LogP contribution in [0.15, 0.2) is 35.9 Å². The summed E-state index contributed by atoms with van der Waals surface area (Å²) in [5.41, 5.74) is 2.53. The molecule has 2 rings (SSSR count). The molecular formula is C12H9O2+. The van der Waals surface area contributed by atoms with Gasteiger partial charge in [-0.15, -0.1) is 0 Å². The highest BCUT2D eigenvalue weighted by Crippen LogP contribution is 2.19. The van der Waals surface area contributed by atoms with Gasteiger partial charge in [-0.3, -0.25) is 0 Å². The average Bonchev–Trinajstić information content (AvgIpc) is 2.27. The number of ether oxygens (including phenoxy) is 1. The van der Waals surface area contributed by atoms with Crippen molar-refractivity contribution < 1.29 is 9.53 Å². The van der Waals surface area contributed by atoms with Gasteiger partial charge >= 0.3 is 5.97 Å². The fourth-order valence-electron chi connectivity index (χ4n) is 1.35. The van der Waals surface area contributed by atoms with Crippen molar-refractivity contribution in [2.45, 2.75) is 0 Å². The first-order valence-electron chi connectivity index (χ1n) is 4.30. The highest BCUT2D eigenvalue weighted by Gasteiger charge is 2.18. The van der Waals surface area contributed by atoms with Gasteiger partial charge in [0.25, 0.3) is 0 Å². The van der Waals surface area contributed by atoms with Crippen LogP contribution in [0.4, 0.5) is 0 Å². The first-order valence-corrected chi connectivity index (χ1v) is 4.30. The minimum atomic E-state index is -0.327. The molecular weight excluding hydrogens is 176 g/mol. The lowest BCUT2D eigenvalue weighted by atomic mass is 9.99. The lowest BCUT2D eigenvalue weighted by molar-refractivity contribution is -0.135. The van der Waals surface area contributed by atoms with Gasteiger partial charge in [0.05, 0.1) is 18.7 Å². The molecule has 0 fully saturated rings. The van der Waals surface area contributed by atoms with Crippen LogP contribution in [0.1, 0.15) is 11.1 Å². The fraction of sp³-hybridized carbons (Fsp3) is 0.0833. The predicted octanol–water partition coefficient (Wildman–Crippen LogP) is 1.96. The second-order valence-electron chi connectivity index (χ2n) is 2.97. The number of hydrogen-bond acceptors (Lipinski definition) is 2. The maximum Gasteiger partial charge on any atom is 0.381 e. The third-order valence-corrected chi connectivity index (χ3v) is 2.08. The van der Waals surface area contributed by atoms with Crippen molar-refractivity contribution in [1.82, 2.24) is 0 Å². The van der Waals surface area contributed by atoms with Gasteiger partial charge in [-0.1, -0.05) is 0 Å². The Labute approximate surface area is 82.5 Å². The van der Waals surface area contributed by atoms with Crippen LogP contribution in [0.2, 0.25) is 0 Å². The third kappa shape index (κ3) is 1.43. The topological polar surface area (TPSA) is 26.3 Å². The van der Waals surface area contributed by atoms with E-state index >= 15 is 0 Å². The summed E-state index contributed by atoms with van der Waals surface area (Å²) in [6, 6.07) is 7.77.